The minimum atomic E-state index is -0.655. The van der Waals surface area contributed by atoms with Crippen molar-refractivity contribution >= 4 is 28.4 Å². The first-order valence-corrected chi connectivity index (χ1v) is 10.3. The number of aryl methyl sites for hydroxylation is 1. The Kier molecular flexibility index (Phi) is 6.26. The molecule has 0 spiro atoms. The number of carbonyl (C=O) groups excluding carboxylic acids is 1. The van der Waals surface area contributed by atoms with E-state index in [-0.39, 0.29) is 22.3 Å². The second-order valence-electron chi connectivity index (χ2n) is 7.03. The van der Waals surface area contributed by atoms with Crippen LogP contribution in [0, 0.1) is 6.92 Å². The SMILES string of the molecule is Cc1ccc(N=C(SCC(=O)N2CCCC2)c2c(O)n(C)c(=O)n(C)c2=O)cc1. The number of likely N-dealkylation sites (tertiary alicyclic amines) is 1. The smallest absolute Gasteiger partial charge is 0.333 e. The Morgan fingerprint density at radius 3 is 2.34 bits per heavy atom. The van der Waals surface area contributed by atoms with Gasteiger partial charge in [-0.3, -0.25) is 18.7 Å². The normalized spacial score (nSPS) is 14.4. The van der Waals surface area contributed by atoms with Crippen molar-refractivity contribution in [2.24, 2.45) is 19.1 Å². The lowest BCUT2D eigenvalue weighted by Crippen LogP contribution is -2.40. The third-order valence-corrected chi connectivity index (χ3v) is 5.86. The van der Waals surface area contributed by atoms with E-state index < -0.39 is 17.1 Å². The third kappa shape index (κ3) is 4.45. The van der Waals surface area contributed by atoms with Crippen molar-refractivity contribution in [2.75, 3.05) is 18.8 Å². The van der Waals surface area contributed by atoms with Gasteiger partial charge in [0.25, 0.3) is 5.56 Å². The Balaban J connectivity index is 2.04. The molecule has 0 bridgehead atoms. The molecule has 1 amide bonds. The average Bonchev–Trinajstić information content (AvgIpc) is 3.25. The summed E-state index contributed by atoms with van der Waals surface area (Å²) in [5, 5.41) is 10.7. The standard InChI is InChI=1S/C20H24N4O4S/c1-13-6-8-14(9-7-13)21-17(29-12-15(25)24-10-4-5-11-24)16-18(26)22(2)20(28)23(3)19(16)27/h6-9,26H,4-5,10-12H2,1-3H3. The van der Waals surface area contributed by atoms with Crippen LogP contribution < -0.4 is 11.2 Å². The van der Waals surface area contributed by atoms with E-state index in [9.17, 15) is 19.5 Å². The quantitative estimate of drug-likeness (QED) is 0.602. The number of hydrogen-bond donors (Lipinski definition) is 1. The number of aromatic hydroxyl groups is 1. The Labute approximate surface area is 172 Å². The highest BCUT2D eigenvalue weighted by Crippen LogP contribution is 2.24. The summed E-state index contributed by atoms with van der Waals surface area (Å²) < 4.78 is 1.91. The number of amides is 1. The van der Waals surface area contributed by atoms with Crippen LogP contribution in [0.4, 0.5) is 5.69 Å². The molecule has 9 heteroatoms. The number of thioether (sulfide) groups is 1. The third-order valence-electron chi connectivity index (χ3n) is 4.90. The minimum absolute atomic E-state index is 0.0368. The van der Waals surface area contributed by atoms with Crippen LogP contribution in [0.3, 0.4) is 0 Å². The van der Waals surface area contributed by atoms with Crippen molar-refractivity contribution < 1.29 is 9.90 Å². The maximum atomic E-state index is 12.7. The topological polar surface area (TPSA) is 96.9 Å². The Hall–Kier alpha value is -2.81. The summed E-state index contributed by atoms with van der Waals surface area (Å²) in [5.74, 6) is -0.411. The van der Waals surface area contributed by atoms with Gasteiger partial charge in [0.2, 0.25) is 11.8 Å². The second kappa shape index (κ2) is 8.69. The molecular weight excluding hydrogens is 392 g/mol. The summed E-state index contributed by atoms with van der Waals surface area (Å²) in [6, 6.07) is 7.35. The molecule has 1 fully saturated rings. The Bertz CT molecular complexity index is 1060. The number of hydrogen-bond acceptors (Lipinski definition) is 6. The summed E-state index contributed by atoms with van der Waals surface area (Å²) in [7, 11) is 2.72. The van der Waals surface area contributed by atoms with E-state index in [1.54, 1.807) is 17.0 Å². The van der Waals surface area contributed by atoms with Crippen LogP contribution >= 0.6 is 11.8 Å². The minimum Gasteiger partial charge on any atom is -0.494 e. The molecule has 29 heavy (non-hydrogen) atoms. The van der Waals surface area contributed by atoms with E-state index in [2.05, 4.69) is 4.99 Å². The van der Waals surface area contributed by atoms with Crippen molar-refractivity contribution in [1.29, 1.82) is 0 Å². The van der Waals surface area contributed by atoms with Crippen LogP contribution in [-0.2, 0) is 18.9 Å². The molecule has 0 radical (unpaired) electrons. The molecule has 154 valence electrons. The highest BCUT2D eigenvalue weighted by atomic mass is 32.2. The number of benzene rings is 1. The van der Waals surface area contributed by atoms with E-state index in [1.165, 1.54) is 14.1 Å². The molecule has 8 nitrogen and oxygen atoms in total. The lowest BCUT2D eigenvalue weighted by atomic mass is 10.2. The molecule has 1 aliphatic heterocycles. The Morgan fingerprint density at radius 2 is 1.72 bits per heavy atom. The van der Waals surface area contributed by atoms with Crippen LogP contribution in [0.1, 0.15) is 24.0 Å². The zero-order chi connectivity index (χ0) is 21.1. The van der Waals surface area contributed by atoms with E-state index in [0.29, 0.717) is 5.69 Å². The predicted octanol–water partition coefficient (Wildman–Crippen LogP) is 1.53. The van der Waals surface area contributed by atoms with Gasteiger partial charge < -0.3 is 10.0 Å². The predicted molar refractivity (Wildman–Crippen MR) is 114 cm³/mol. The van der Waals surface area contributed by atoms with Crippen molar-refractivity contribution in [3.63, 3.8) is 0 Å². The van der Waals surface area contributed by atoms with Crippen molar-refractivity contribution in [1.82, 2.24) is 14.0 Å². The summed E-state index contributed by atoms with van der Waals surface area (Å²) in [6.45, 7) is 3.42. The highest BCUT2D eigenvalue weighted by Gasteiger charge is 2.24. The molecule has 3 rings (SSSR count). The molecule has 2 heterocycles. The number of rotatable bonds is 4. The van der Waals surface area contributed by atoms with Crippen molar-refractivity contribution in [2.45, 2.75) is 19.8 Å². The first-order chi connectivity index (χ1) is 13.8. The summed E-state index contributed by atoms with van der Waals surface area (Å²) in [5.41, 5.74) is 0.265. The van der Waals surface area contributed by atoms with Gasteiger partial charge in [0.05, 0.1) is 11.4 Å². The van der Waals surface area contributed by atoms with Gasteiger partial charge in [-0.2, -0.15) is 0 Å². The van der Waals surface area contributed by atoms with Crippen LogP contribution in [0.5, 0.6) is 5.88 Å². The molecule has 0 unspecified atom stereocenters. The van der Waals surface area contributed by atoms with Gasteiger partial charge in [-0.15, -0.1) is 0 Å². The van der Waals surface area contributed by atoms with Crippen LogP contribution in [0.2, 0.25) is 0 Å². The molecule has 1 aromatic carbocycles. The Morgan fingerprint density at radius 1 is 1.10 bits per heavy atom. The molecule has 1 saturated heterocycles. The fourth-order valence-corrected chi connectivity index (χ4v) is 4.04. The van der Waals surface area contributed by atoms with E-state index >= 15 is 0 Å². The number of aliphatic imine (C=N–C) groups is 1. The molecule has 0 saturated carbocycles. The van der Waals surface area contributed by atoms with E-state index in [1.807, 2.05) is 19.1 Å². The van der Waals surface area contributed by atoms with Gasteiger partial charge in [-0.05, 0) is 31.9 Å². The van der Waals surface area contributed by atoms with E-state index in [4.69, 9.17) is 0 Å². The largest absolute Gasteiger partial charge is 0.494 e. The molecule has 1 aromatic heterocycles. The molecular formula is C20H24N4O4S. The van der Waals surface area contributed by atoms with Gasteiger partial charge in [-0.1, -0.05) is 29.5 Å². The van der Waals surface area contributed by atoms with Crippen LogP contribution in [-0.4, -0.2) is 48.9 Å². The molecule has 0 atom stereocenters. The molecule has 0 aliphatic carbocycles. The molecule has 1 aliphatic rings. The zero-order valence-corrected chi connectivity index (χ0v) is 17.5. The van der Waals surface area contributed by atoms with Gasteiger partial charge in [0.1, 0.15) is 10.6 Å². The van der Waals surface area contributed by atoms with Crippen molar-refractivity contribution in [3.05, 3.63) is 56.2 Å². The van der Waals surface area contributed by atoms with Gasteiger partial charge in [0.15, 0.2) is 0 Å². The lowest BCUT2D eigenvalue weighted by molar-refractivity contribution is -0.127. The van der Waals surface area contributed by atoms with Crippen LogP contribution in [0.15, 0.2) is 38.8 Å². The maximum Gasteiger partial charge on any atom is 0.333 e. The fourth-order valence-electron chi connectivity index (χ4n) is 3.11. The maximum absolute atomic E-state index is 12.7. The molecule has 1 N–H and O–H groups in total. The number of aromatic nitrogens is 2. The van der Waals surface area contributed by atoms with Crippen molar-refractivity contribution in [3.8, 4) is 5.88 Å². The van der Waals surface area contributed by atoms with Crippen LogP contribution in [0.25, 0.3) is 0 Å². The zero-order valence-electron chi connectivity index (χ0n) is 16.7. The average molecular weight is 417 g/mol. The van der Waals surface area contributed by atoms with E-state index in [0.717, 1.165) is 52.4 Å². The first kappa shape index (κ1) is 20.9. The summed E-state index contributed by atoms with van der Waals surface area (Å²) in [6.07, 6.45) is 1.98. The second-order valence-corrected chi connectivity index (χ2v) is 8.00. The summed E-state index contributed by atoms with van der Waals surface area (Å²) >= 11 is 1.09. The van der Waals surface area contributed by atoms with Gasteiger partial charge in [-0.25, -0.2) is 9.79 Å². The first-order valence-electron chi connectivity index (χ1n) is 9.35. The van der Waals surface area contributed by atoms with Gasteiger partial charge >= 0.3 is 5.69 Å². The number of carbonyl (C=O) groups is 1. The highest BCUT2D eigenvalue weighted by molar-refractivity contribution is 8.15. The molecule has 2 aromatic rings. The number of nitrogens with zero attached hydrogens (tertiary/aromatic N) is 4. The lowest BCUT2D eigenvalue weighted by Gasteiger charge is -2.16. The van der Waals surface area contributed by atoms with Gasteiger partial charge in [0, 0.05) is 27.2 Å². The monoisotopic (exact) mass is 416 g/mol. The fraction of sp³-hybridized carbons (Fsp3) is 0.400. The summed E-state index contributed by atoms with van der Waals surface area (Å²) in [4.78, 5) is 43.6.